The molecular weight excluding hydrogens is 252 g/mol. The summed E-state index contributed by atoms with van der Waals surface area (Å²) < 4.78 is 0. The molecular formula is C16H12N2O2. The van der Waals surface area contributed by atoms with Crippen molar-refractivity contribution in [2.75, 3.05) is 0 Å². The Morgan fingerprint density at radius 2 is 1.20 bits per heavy atom. The van der Waals surface area contributed by atoms with Crippen LogP contribution >= 0.6 is 0 Å². The van der Waals surface area contributed by atoms with Gasteiger partial charge in [-0.15, -0.1) is 0 Å². The molecule has 2 N–H and O–H groups in total. The maximum Gasteiger partial charge on any atom is 0.116 e. The van der Waals surface area contributed by atoms with Crippen LogP contribution in [0.3, 0.4) is 0 Å². The van der Waals surface area contributed by atoms with Crippen LogP contribution in [0.15, 0.2) is 60.9 Å². The van der Waals surface area contributed by atoms with E-state index in [9.17, 15) is 10.2 Å². The molecule has 0 bridgehead atoms. The Bertz CT molecular complexity index is 696. The van der Waals surface area contributed by atoms with Gasteiger partial charge in [-0.2, -0.15) is 0 Å². The van der Waals surface area contributed by atoms with Crippen molar-refractivity contribution in [3.63, 3.8) is 0 Å². The molecule has 0 radical (unpaired) electrons. The molecule has 4 heteroatoms. The molecule has 0 aliphatic carbocycles. The number of nitrogens with zero attached hydrogens (tertiary/aromatic N) is 2. The van der Waals surface area contributed by atoms with E-state index in [2.05, 4.69) is 9.97 Å². The number of hydrogen-bond donors (Lipinski definition) is 2. The van der Waals surface area contributed by atoms with Crippen LogP contribution in [-0.2, 0) is 0 Å². The average molecular weight is 264 g/mol. The summed E-state index contributed by atoms with van der Waals surface area (Å²) in [6.45, 7) is 0. The van der Waals surface area contributed by atoms with Crippen LogP contribution in [-0.4, -0.2) is 20.2 Å². The molecule has 98 valence electrons. The Morgan fingerprint density at radius 1 is 0.700 bits per heavy atom. The molecule has 1 aromatic heterocycles. The molecule has 0 atom stereocenters. The van der Waals surface area contributed by atoms with Gasteiger partial charge in [0, 0.05) is 11.1 Å². The van der Waals surface area contributed by atoms with E-state index in [0.717, 1.165) is 11.1 Å². The van der Waals surface area contributed by atoms with Crippen molar-refractivity contribution in [1.82, 2.24) is 9.97 Å². The predicted molar refractivity (Wildman–Crippen MR) is 76.2 cm³/mol. The van der Waals surface area contributed by atoms with Gasteiger partial charge in [-0.1, -0.05) is 24.3 Å². The third-order valence-corrected chi connectivity index (χ3v) is 2.92. The second-order valence-electron chi connectivity index (χ2n) is 4.39. The fraction of sp³-hybridized carbons (Fsp3) is 0. The van der Waals surface area contributed by atoms with Crippen molar-refractivity contribution in [2.45, 2.75) is 0 Å². The molecule has 0 saturated heterocycles. The highest BCUT2D eigenvalue weighted by Crippen LogP contribution is 2.25. The summed E-state index contributed by atoms with van der Waals surface area (Å²) in [5, 5.41) is 19.0. The Hall–Kier alpha value is -2.88. The van der Waals surface area contributed by atoms with Crippen molar-refractivity contribution in [3.8, 4) is 34.0 Å². The number of hydrogen-bond acceptors (Lipinski definition) is 4. The Labute approximate surface area is 116 Å². The molecule has 2 aromatic carbocycles. The van der Waals surface area contributed by atoms with Crippen LogP contribution in [0.25, 0.3) is 22.5 Å². The lowest BCUT2D eigenvalue weighted by Gasteiger charge is -2.05. The number of aromatic hydroxyl groups is 2. The molecule has 0 amide bonds. The Kier molecular flexibility index (Phi) is 3.05. The molecule has 1 heterocycles. The summed E-state index contributed by atoms with van der Waals surface area (Å²) in [5.74, 6) is 0.374. The van der Waals surface area contributed by atoms with Gasteiger partial charge in [-0.3, -0.25) is 4.98 Å². The summed E-state index contributed by atoms with van der Waals surface area (Å²) in [6.07, 6.45) is 3.28. The van der Waals surface area contributed by atoms with E-state index >= 15 is 0 Å². The van der Waals surface area contributed by atoms with Gasteiger partial charge in [0.25, 0.3) is 0 Å². The first kappa shape index (κ1) is 12.2. The van der Waals surface area contributed by atoms with Gasteiger partial charge in [0.2, 0.25) is 0 Å². The summed E-state index contributed by atoms with van der Waals surface area (Å²) >= 11 is 0. The largest absolute Gasteiger partial charge is 0.508 e. The van der Waals surface area contributed by atoms with E-state index in [4.69, 9.17) is 0 Å². The minimum Gasteiger partial charge on any atom is -0.508 e. The zero-order chi connectivity index (χ0) is 13.9. The topological polar surface area (TPSA) is 66.2 Å². The highest BCUT2D eigenvalue weighted by Gasteiger charge is 2.05. The van der Waals surface area contributed by atoms with E-state index in [1.807, 2.05) is 12.1 Å². The SMILES string of the molecule is Oc1cccc(-c2cncc(-c3cccc(O)c3)n2)c1. The van der Waals surface area contributed by atoms with Crippen molar-refractivity contribution >= 4 is 0 Å². The maximum atomic E-state index is 9.52. The van der Waals surface area contributed by atoms with E-state index in [-0.39, 0.29) is 11.5 Å². The number of phenols is 2. The van der Waals surface area contributed by atoms with Gasteiger partial charge >= 0.3 is 0 Å². The Balaban J connectivity index is 2.06. The lowest BCUT2D eigenvalue weighted by Crippen LogP contribution is -1.90. The van der Waals surface area contributed by atoms with E-state index in [1.54, 1.807) is 48.8 Å². The van der Waals surface area contributed by atoms with Crippen LogP contribution in [0.4, 0.5) is 0 Å². The van der Waals surface area contributed by atoms with Crippen LogP contribution in [0.5, 0.6) is 11.5 Å². The van der Waals surface area contributed by atoms with Gasteiger partial charge in [-0.25, -0.2) is 4.98 Å². The van der Waals surface area contributed by atoms with E-state index in [0.29, 0.717) is 11.4 Å². The lowest BCUT2D eigenvalue weighted by atomic mass is 10.1. The third-order valence-electron chi connectivity index (χ3n) is 2.92. The Morgan fingerprint density at radius 3 is 1.65 bits per heavy atom. The van der Waals surface area contributed by atoms with Crippen molar-refractivity contribution in [1.29, 1.82) is 0 Å². The van der Waals surface area contributed by atoms with E-state index in [1.165, 1.54) is 0 Å². The van der Waals surface area contributed by atoms with Gasteiger partial charge < -0.3 is 10.2 Å². The fourth-order valence-corrected chi connectivity index (χ4v) is 1.97. The molecule has 0 spiro atoms. The van der Waals surface area contributed by atoms with Crippen molar-refractivity contribution in [2.24, 2.45) is 0 Å². The molecule has 0 unspecified atom stereocenters. The molecule has 0 aliphatic rings. The number of benzene rings is 2. The molecule has 0 aliphatic heterocycles. The maximum absolute atomic E-state index is 9.52. The summed E-state index contributed by atoms with van der Waals surface area (Å²) in [5.41, 5.74) is 2.92. The first-order chi connectivity index (χ1) is 9.72. The number of rotatable bonds is 2. The monoisotopic (exact) mass is 264 g/mol. The highest BCUT2D eigenvalue weighted by atomic mass is 16.3. The van der Waals surface area contributed by atoms with Gasteiger partial charge in [0.1, 0.15) is 11.5 Å². The van der Waals surface area contributed by atoms with Crippen molar-refractivity contribution < 1.29 is 10.2 Å². The third kappa shape index (κ3) is 2.44. The molecule has 20 heavy (non-hydrogen) atoms. The number of aromatic nitrogens is 2. The summed E-state index contributed by atoms with van der Waals surface area (Å²) in [4.78, 5) is 8.68. The van der Waals surface area contributed by atoms with Crippen LogP contribution in [0, 0.1) is 0 Å². The standard InChI is InChI=1S/C16H12N2O2/c19-13-5-1-3-11(7-13)15-9-17-10-16(18-15)12-4-2-6-14(20)8-12/h1-10,19-20H. The second kappa shape index (κ2) is 5.01. The molecule has 3 rings (SSSR count). The molecule has 4 nitrogen and oxygen atoms in total. The zero-order valence-corrected chi connectivity index (χ0v) is 10.6. The van der Waals surface area contributed by atoms with Crippen LogP contribution in [0.1, 0.15) is 0 Å². The predicted octanol–water partition coefficient (Wildman–Crippen LogP) is 3.22. The smallest absolute Gasteiger partial charge is 0.116 e. The quantitative estimate of drug-likeness (QED) is 0.745. The van der Waals surface area contributed by atoms with Crippen LogP contribution in [0.2, 0.25) is 0 Å². The van der Waals surface area contributed by atoms with Crippen molar-refractivity contribution in [3.05, 3.63) is 60.9 Å². The first-order valence-electron chi connectivity index (χ1n) is 6.13. The summed E-state index contributed by atoms with van der Waals surface area (Å²) in [6, 6.07) is 13.7. The van der Waals surface area contributed by atoms with Gasteiger partial charge in [0.15, 0.2) is 0 Å². The van der Waals surface area contributed by atoms with Gasteiger partial charge in [0.05, 0.1) is 23.8 Å². The normalized spacial score (nSPS) is 10.4. The fourth-order valence-electron chi connectivity index (χ4n) is 1.97. The molecule has 3 aromatic rings. The average Bonchev–Trinajstić information content (AvgIpc) is 2.47. The number of phenolic OH excluding ortho intramolecular Hbond substituents is 2. The van der Waals surface area contributed by atoms with Gasteiger partial charge in [-0.05, 0) is 24.3 Å². The second-order valence-corrected chi connectivity index (χ2v) is 4.39. The minimum absolute atomic E-state index is 0.187. The first-order valence-corrected chi connectivity index (χ1v) is 6.13. The minimum atomic E-state index is 0.187. The van der Waals surface area contributed by atoms with Crippen LogP contribution < -0.4 is 0 Å². The van der Waals surface area contributed by atoms with E-state index < -0.39 is 0 Å². The zero-order valence-electron chi connectivity index (χ0n) is 10.6. The molecule has 0 saturated carbocycles. The highest BCUT2D eigenvalue weighted by molar-refractivity contribution is 5.66. The summed E-state index contributed by atoms with van der Waals surface area (Å²) in [7, 11) is 0. The lowest BCUT2D eigenvalue weighted by molar-refractivity contribution is 0.475. The molecule has 0 fully saturated rings.